The van der Waals surface area contributed by atoms with Crippen LogP contribution in [0, 0.1) is 0 Å². The highest BCUT2D eigenvalue weighted by atomic mass is 31.3. The van der Waals surface area contributed by atoms with Gasteiger partial charge < -0.3 is 29.4 Å². The van der Waals surface area contributed by atoms with Gasteiger partial charge in [0.1, 0.15) is 6.10 Å². The summed E-state index contributed by atoms with van der Waals surface area (Å²) in [4.78, 5) is 60.2. The van der Waals surface area contributed by atoms with Crippen LogP contribution in [0.2, 0.25) is 0 Å². The van der Waals surface area contributed by atoms with Crippen LogP contribution in [0.15, 0.2) is 21.9 Å². The highest BCUT2D eigenvalue weighted by Crippen LogP contribution is 2.66. The first kappa shape index (κ1) is 24.3. The molecule has 1 aliphatic rings. The van der Waals surface area contributed by atoms with Gasteiger partial charge in [-0.05, 0) is 6.42 Å². The molecule has 0 radical (unpaired) electrons. The number of phosphoric acid groups is 3. The van der Waals surface area contributed by atoms with Crippen LogP contribution in [0.25, 0.3) is 0 Å². The first-order valence-corrected chi connectivity index (χ1v) is 12.1. The maximum Gasteiger partial charge on any atom is 0.490 e. The molecule has 0 bridgehead atoms. The zero-order valence-electron chi connectivity index (χ0n) is 14.2. The Bertz CT molecular complexity index is 982. The highest BCUT2D eigenvalue weighted by molar-refractivity contribution is 7.66. The lowest BCUT2D eigenvalue weighted by Crippen LogP contribution is -2.44. The van der Waals surface area contributed by atoms with Gasteiger partial charge in [0.15, 0.2) is 0 Å². The average Bonchev–Trinajstić information content (AvgIpc) is 2.50. The predicted molar refractivity (Wildman–Crippen MR) is 90.5 cm³/mol. The van der Waals surface area contributed by atoms with Crippen molar-refractivity contribution >= 4 is 23.5 Å². The van der Waals surface area contributed by atoms with Gasteiger partial charge in [-0.2, -0.15) is 8.62 Å². The van der Waals surface area contributed by atoms with E-state index in [1.54, 1.807) is 0 Å². The number of phosphoric ester groups is 1. The summed E-state index contributed by atoms with van der Waals surface area (Å²) in [5.41, 5.74) is -1.34. The zero-order chi connectivity index (χ0) is 22.0. The van der Waals surface area contributed by atoms with E-state index in [0.717, 1.165) is 10.6 Å². The second-order valence-corrected chi connectivity index (χ2v) is 10.2. The summed E-state index contributed by atoms with van der Waals surface area (Å²) in [6.07, 6.45) is -1.40. The van der Waals surface area contributed by atoms with Crippen LogP contribution in [0.5, 0.6) is 0 Å². The van der Waals surface area contributed by atoms with Gasteiger partial charge in [0.25, 0.3) is 5.56 Å². The summed E-state index contributed by atoms with van der Waals surface area (Å²) < 4.78 is 51.3. The number of aromatic nitrogens is 2. The summed E-state index contributed by atoms with van der Waals surface area (Å²) in [5, 5.41) is 10.1. The van der Waals surface area contributed by atoms with E-state index in [2.05, 4.69) is 13.1 Å². The fourth-order valence-corrected chi connectivity index (χ4v) is 5.41. The molecule has 0 amide bonds. The van der Waals surface area contributed by atoms with Crippen LogP contribution in [0.4, 0.5) is 0 Å². The van der Waals surface area contributed by atoms with Crippen molar-refractivity contribution in [1.82, 2.24) is 9.55 Å². The van der Waals surface area contributed by atoms with E-state index in [0.29, 0.717) is 0 Å². The standard InChI is InChI=1S/C10H17N2O14P3/c13-7-3-6(12-2-1-9(14)11-10(12)15)4-23-8(7)5-24-28(19,20)26-29(21,22)25-27(16,17)18/h1-2,6-8,13H,3-5H2,(H,19,20)(H,21,22)(H,11,14,15)(H2,16,17,18). The third kappa shape index (κ3) is 7.64. The van der Waals surface area contributed by atoms with Gasteiger partial charge in [-0.3, -0.25) is 18.9 Å². The van der Waals surface area contributed by atoms with Crippen molar-refractivity contribution in [2.24, 2.45) is 0 Å². The molecule has 1 aliphatic heterocycles. The minimum Gasteiger partial charge on any atom is -0.390 e. The summed E-state index contributed by atoms with van der Waals surface area (Å²) in [6.45, 7) is -0.981. The molecule has 1 saturated heterocycles. The number of H-pyrrole nitrogens is 1. The molecule has 6 N–H and O–H groups in total. The Morgan fingerprint density at radius 1 is 1.14 bits per heavy atom. The maximum absolute atomic E-state index is 11.8. The first-order valence-electron chi connectivity index (χ1n) is 7.57. The van der Waals surface area contributed by atoms with E-state index in [4.69, 9.17) is 19.4 Å². The van der Waals surface area contributed by atoms with E-state index in [9.17, 15) is 33.3 Å². The van der Waals surface area contributed by atoms with Gasteiger partial charge in [-0.25, -0.2) is 18.5 Å². The predicted octanol–water partition coefficient (Wildman–Crippen LogP) is -1.43. The van der Waals surface area contributed by atoms with E-state index >= 15 is 0 Å². The van der Waals surface area contributed by atoms with Crippen molar-refractivity contribution in [3.8, 4) is 0 Å². The third-order valence-electron chi connectivity index (χ3n) is 3.51. The summed E-state index contributed by atoms with van der Waals surface area (Å²) >= 11 is 0. The number of hydrogen-bond donors (Lipinski definition) is 6. The Balaban J connectivity index is 1.94. The Morgan fingerprint density at radius 3 is 2.34 bits per heavy atom. The maximum atomic E-state index is 11.8. The van der Waals surface area contributed by atoms with Gasteiger partial charge in [0, 0.05) is 12.3 Å². The molecule has 0 aliphatic carbocycles. The van der Waals surface area contributed by atoms with E-state index in [1.807, 2.05) is 4.98 Å². The highest BCUT2D eigenvalue weighted by Gasteiger charge is 2.42. The fraction of sp³-hybridized carbons (Fsp3) is 0.600. The molecule has 19 heteroatoms. The Morgan fingerprint density at radius 2 is 1.79 bits per heavy atom. The molecular weight excluding hydrogens is 465 g/mol. The van der Waals surface area contributed by atoms with E-state index in [1.165, 1.54) is 6.20 Å². The van der Waals surface area contributed by atoms with Gasteiger partial charge >= 0.3 is 29.2 Å². The van der Waals surface area contributed by atoms with Crippen molar-refractivity contribution in [3.05, 3.63) is 33.1 Å². The largest absolute Gasteiger partial charge is 0.490 e. The normalized spacial score (nSPS) is 27.1. The van der Waals surface area contributed by atoms with Gasteiger partial charge in [0.2, 0.25) is 0 Å². The van der Waals surface area contributed by atoms with Crippen molar-refractivity contribution in [1.29, 1.82) is 0 Å². The topological polar surface area (TPSA) is 244 Å². The van der Waals surface area contributed by atoms with Crippen LogP contribution in [0.3, 0.4) is 0 Å². The number of ether oxygens (including phenoxy) is 1. The molecule has 16 nitrogen and oxygen atoms in total. The van der Waals surface area contributed by atoms with Crippen molar-refractivity contribution in [2.75, 3.05) is 13.2 Å². The van der Waals surface area contributed by atoms with Crippen molar-refractivity contribution in [3.63, 3.8) is 0 Å². The van der Waals surface area contributed by atoms with Crippen molar-refractivity contribution < 1.29 is 56.3 Å². The second-order valence-electron chi connectivity index (χ2n) is 5.73. The van der Waals surface area contributed by atoms with Gasteiger partial charge in [0.05, 0.1) is 25.4 Å². The minimum absolute atomic E-state index is 0.0730. The second kappa shape index (κ2) is 9.02. The molecule has 0 saturated carbocycles. The number of aromatic amines is 1. The molecule has 2 heterocycles. The lowest BCUT2D eigenvalue weighted by molar-refractivity contribution is -0.111. The number of rotatable bonds is 8. The SMILES string of the molecule is O=c1ccn(C2COC(COP(=O)(O)OP(=O)(O)OP(=O)(O)O)C(O)C2)c(=O)[nH]1. The van der Waals surface area contributed by atoms with Crippen LogP contribution >= 0.6 is 23.5 Å². The fourth-order valence-electron chi connectivity index (χ4n) is 2.38. The summed E-state index contributed by atoms with van der Waals surface area (Å²) in [6, 6.07) is 0.423. The molecule has 0 spiro atoms. The lowest BCUT2D eigenvalue weighted by atomic mass is 10.0. The van der Waals surface area contributed by atoms with E-state index in [-0.39, 0.29) is 13.0 Å². The van der Waals surface area contributed by atoms with Crippen LogP contribution < -0.4 is 11.2 Å². The number of aliphatic hydroxyl groups is 1. The number of aliphatic hydroxyl groups excluding tert-OH is 1. The number of nitrogens with zero attached hydrogens (tertiary/aromatic N) is 1. The zero-order valence-corrected chi connectivity index (χ0v) is 16.9. The molecule has 0 aromatic carbocycles. The first-order chi connectivity index (χ1) is 13.2. The summed E-state index contributed by atoms with van der Waals surface area (Å²) in [7, 11) is -16.5. The Hall–Kier alpha value is -0.990. The molecule has 1 aromatic heterocycles. The molecule has 5 unspecified atom stereocenters. The average molecular weight is 482 g/mol. The van der Waals surface area contributed by atoms with Gasteiger partial charge in [-0.1, -0.05) is 0 Å². The lowest BCUT2D eigenvalue weighted by Gasteiger charge is -2.34. The number of hydrogen-bond acceptors (Lipinski definition) is 10. The Kier molecular flexibility index (Phi) is 7.55. The molecule has 2 rings (SSSR count). The summed E-state index contributed by atoms with van der Waals surface area (Å²) in [5.74, 6) is 0. The molecule has 1 fully saturated rings. The molecule has 29 heavy (non-hydrogen) atoms. The molecule has 1 aromatic rings. The molecule has 5 atom stereocenters. The van der Waals surface area contributed by atoms with E-state index < -0.39 is 59.6 Å². The quantitative estimate of drug-likeness (QED) is 0.233. The molecular formula is C10H17N2O14P3. The monoisotopic (exact) mass is 482 g/mol. The van der Waals surface area contributed by atoms with Crippen LogP contribution in [-0.2, 0) is 31.6 Å². The third-order valence-corrected chi connectivity index (χ3v) is 7.31. The minimum atomic E-state index is -5.65. The number of nitrogens with one attached hydrogen (secondary N) is 1. The van der Waals surface area contributed by atoms with Crippen molar-refractivity contribution in [2.45, 2.75) is 24.7 Å². The van der Waals surface area contributed by atoms with Crippen LogP contribution in [0.1, 0.15) is 12.5 Å². The van der Waals surface area contributed by atoms with Crippen LogP contribution in [-0.4, -0.2) is 59.7 Å². The Labute approximate surface area is 161 Å². The molecule has 166 valence electrons. The van der Waals surface area contributed by atoms with Gasteiger partial charge in [-0.15, -0.1) is 0 Å². The smallest absolute Gasteiger partial charge is 0.390 e.